The highest BCUT2D eigenvalue weighted by Gasteiger charge is 2.42. The monoisotopic (exact) mass is 903 g/mol. The van der Waals surface area contributed by atoms with Gasteiger partial charge >= 0.3 is 0 Å². The second kappa shape index (κ2) is 18.4. The van der Waals surface area contributed by atoms with E-state index < -0.39 is 11.1 Å². The minimum atomic E-state index is -0.640. The third-order valence-electron chi connectivity index (χ3n) is 11.8. The van der Waals surface area contributed by atoms with Crippen molar-refractivity contribution in [3.8, 4) is 23.3 Å². The lowest BCUT2D eigenvalue weighted by Crippen LogP contribution is -2.58. The molecular weight excluding hydrogens is 846 g/mol. The van der Waals surface area contributed by atoms with Gasteiger partial charge in [-0.25, -0.2) is 9.97 Å². The van der Waals surface area contributed by atoms with E-state index in [-0.39, 0.29) is 29.8 Å². The Morgan fingerprint density at radius 1 is 0.885 bits per heavy atom. The number of carbonyl (C=O) groups excluding carboxylic acids is 2. The molecule has 0 bridgehead atoms. The number of imidazole rings is 2. The molecule has 4 aliphatic heterocycles. The van der Waals surface area contributed by atoms with Crippen molar-refractivity contribution in [2.45, 2.75) is 104 Å². The van der Waals surface area contributed by atoms with Crippen molar-refractivity contribution in [1.82, 2.24) is 28.9 Å². The van der Waals surface area contributed by atoms with Crippen LogP contribution in [0.25, 0.3) is 11.4 Å². The number of amides is 2. The average molecular weight is 905 g/mol. The first-order chi connectivity index (χ1) is 29.2. The van der Waals surface area contributed by atoms with Gasteiger partial charge in [0.15, 0.2) is 27.6 Å². The summed E-state index contributed by atoms with van der Waals surface area (Å²) >= 11 is 3.67. The maximum Gasteiger partial charge on any atom is 0.275 e. The predicted molar refractivity (Wildman–Crippen MR) is 231 cm³/mol. The fourth-order valence-electron chi connectivity index (χ4n) is 8.67. The van der Waals surface area contributed by atoms with Crippen LogP contribution in [0, 0.1) is 11.3 Å². The number of fused-ring (bicyclic) bond motifs is 4. The van der Waals surface area contributed by atoms with E-state index in [2.05, 4.69) is 27.0 Å². The summed E-state index contributed by atoms with van der Waals surface area (Å²) in [6.45, 7) is 17.4. The quantitative estimate of drug-likeness (QED) is 0.177. The summed E-state index contributed by atoms with van der Waals surface area (Å²) in [5.74, 6) is 1.13. The molecule has 1 unspecified atom stereocenters. The molecule has 6 heterocycles. The number of methoxy groups -OCH3 is 1. The third-order valence-corrected chi connectivity index (χ3v) is 12.3. The van der Waals surface area contributed by atoms with Crippen LogP contribution in [0.4, 0.5) is 0 Å². The number of nitrogens with zero attached hydrogens (tertiary/aromatic N) is 7. The van der Waals surface area contributed by atoms with Crippen LogP contribution in [-0.4, -0.2) is 130 Å². The fourth-order valence-corrected chi connectivity index (χ4v) is 9.25. The zero-order valence-corrected chi connectivity index (χ0v) is 38.2. The number of aryl methyl sites for hydroxylation is 1. The van der Waals surface area contributed by atoms with E-state index in [1.165, 1.54) is 0 Å². The fraction of sp³-hybridized carbons (Fsp3) is 0.578. The van der Waals surface area contributed by atoms with Crippen molar-refractivity contribution in [3.05, 3.63) is 68.8 Å². The zero-order chi connectivity index (χ0) is 43.6. The van der Waals surface area contributed by atoms with Gasteiger partial charge in [0.25, 0.3) is 11.8 Å². The van der Waals surface area contributed by atoms with Crippen LogP contribution in [-0.2, 0) is 38.2 Å². The first-order valence-electron chi connectivity index (χ1n) is 21.2. The molecule has 61 heavy (non-hydrogen) atoms. The van der Waals surface area contributed by atoms with Crippen LogP contribution in [0.15, 0.2) is 34.6 Å². The summed E-state index contributed by atoms with van der Waals surface area (Å²) in [5.41, 5.74) is 4.88. The predicted octanol–water partition coefficient (Wildman–Crippen LogP) is 6.32. The molecule has 0 radical (unpaired) electrons. The highest BCUT2D eigenvalue weighted by molar-refractivity contribution is 9.10. The Labute approximate surface area is 366 Å². The van der Waals surface area contributed by atoms with Gasteiger partial charge < -0.3 is 38.2 Å². The number of benzene rings is 1. The lowest BCUT2D eigenvalue weighted by Gasteiger charge is -2.44. The van der Waals surface area contributed by atoms with E-state index in [1.54, 1.807) is 12.0 Å². The molecule has 1 aromatic carbocycles. The second-order valence-electron chi connectivity index (χ2n) is 17.3. The van der Waals surface area contributed by atoms with E-state index in [1.807, 2.05) is 86.8 Å². The number of allylic oxidation sites excluding steroid dienone is 2. The Bertz CT molecular complexity index is 2250. The van der Waals surface area contributed by atoms with Crippen molar-refractivity contribution in [2.24, 2.45) is 0 Å². The summed E-state index contributed by atoms with van der Waals surface area (Å²) in [4.78, 5) is 41.6. The Morgan fingerprint density at radius 2 is 1.57 bits per heavy atom. The molecule has 7 rings (SSSR count). The number of hydrogen-bond donors (Lipinski definition) is 0. The highest BCUT2D eigenvalue weighted by atomic mass is 79.9. The average Bonchev–Trinajstić information content (AvgIpc) is 3.78. The normalized spacial score (nSPS) is 21.1. The largest absolute Gasteiger partial charge is 0.493 e. The number of halogens is 1. The van der Waals surface area contributed by atoms with Crippen LogP contribution in [0.5, 0.6) is 11.5 Å². The first kappa shape index (κ1) is 44.5. The summed E-state index contributed by atoms with van der Waals surface area (Å²) in [6.07, 6.45) is 7.00. The van der Waals surface area contributed by atoms with E-state index in [9.17, 15) is 14.9 Å². The second-order valence-corrected chi connectivity index (χ2v) is 18.1. The number of hydrogen-bond acceptors (Lipinski definition) is 11. The van der Waals surface area contributed by atoms with Gasteiger partial charge in [-0.15, -0.1) is 0 Å². The Morgan fingerprint density at radius 3 is 2.28 bits per heavy atom. The SMILES string of the molecule is COc1cc2c(cc1OC(C)C)-n1c(Br)nc(C(=O)N3CCOCC3(C)CCOC/C=C3/CCc4c(C(=O)N5CCOCC5(C)C)nc(C#N)n4/C3=C/COC(C)C)c1CC2. The van der Waals surface area contributed by atoms with E-state index in [0.717, 1.165) is 34.6 Å². The summed E-state index contributed by atoms with van der Waals surface area (Å²) < 4.78 is 39.9. The van der Waals surface area contributed by atoms with Gasteiger partial charge in [0.1, 0.15) is 6.07 Å². The lowest BCUT2D eigenvalue weighted by molar-refractivity contribution is -0.0569. The Kier molecular flexibility index (Phi) is 13.5. The zero-order valence-electron chi connectivity index (χ0n) is 36.6. The van der Waals surface area contributed by atoms with Gasteiger partial charge in [0, 0.05) is 31.5 Å². The highest BCUT2D eigenvalue weighted by Crippen LogP contribution is 2.40. The Hall–Kier alpha value is -4.53. The van der Waals surface area contributed by atoms with Crippen LogP contribution >= 0.6 is 15.9 Å². The number of carbonyl (C=O) groups is 2. The topological polar surface area (TPSA) is 155 Å². The number of nitriles is 1. The minimum Gasteiger partial charge on any atom is -0.493 e. The molecule has 0 spiro atoms. The molecule has 2 amide bonds. The molecule has 2 aromatic heterocycles. The van der Waals surface area contributed by atoms with Gasteiger partial charge in [-0.05, 0) is 120 Å². The molecule has 4 aliphatic rings. The number of ether oxygens (including phenoxy) is 6. The van der Waals surface area contributed by atoms with Crippen molar-refractivity contribution in [1.29, 1.82) is 5.26 Å². The first-order valence-corrected chi connectivity index (χ1v) is 22.0. The maximum atomic E-state index is 14.5. The molecule has 15 nitrogen and oxygen atoms in total. The van der Waals surface area contributed by atoms with E-state index >= 15 is 0 Å². The van der Waals surface area contributed by atoms with Gasteiger partial charge in [-0.3, -0.25) is 18.7 Å². The van der Waals surface area contributed by atoms with Gasteiger partial charge in [-0.1, -0.05) is 6.08 Å². The van der Waals surface area contributed by atoms with Crippen LogP contribution in [0.1, 0.15) is 105 Å². The summed E-state index contributed by atoms with van der Waals surface area (Å²) in [5, 5.41) is 10.3. The van der Waals surface area contributed by atoms with Gasteiger partial charge in [-0.2, -0.15) is 5.26 Å². The lowest BCUT2D eigenvalue weighted by atomic mass is 9.94. The molecule has 2 fully saturated rings. The molecule has 2 saturated heterocycles. The molecule has 328 valence electrons. The minimum absolute atomic E-state index is 0.00553. The molecule has 0 saturated carbocycles. The van der Waals surface area contributed by atoms with Crippen molar-refractivity contribution in [2.75, 3.05) is 66.4 Å². The van der Waals surface area contributed by atoms with Crippen LogP contribution < -0.4 is 9.47 Å². The van der Waals surface area contributed by atoms with Crippen molar-refractivity contribution < 1.29 is 38.0 Å². The summed E-state index contributed by atoms with van der Waals surface area (Å²) in [7, 11) is 1.64. The summed E-state index contributed by atoms with van der Waals surface area (Å²) in [6, 6.07) is 6.21. The third kappa shape index (κ3) is 9.04. The van der Waals surface area contributed by atoms with Crippen molar-refractivity contribution in [3.63, 3.8) is 0 Å². The van der Waals surface area contributed by atoms with Gasteiger partial charge in [0.05, 0.1) is 87.1 Å². The standard InChI is InChI=1S/C45H58BrN7O8/c1-28(2)60-19-14-32-30(9-11-33-39(48-38(25-47)52(32)33)41(54)50-16-21-58-26-44(50,5)6)13-18-57-20-15-45(7)27-59-22-17-51(45)42(55)40-34-12-10-31-23-36(56-8)37(61-29(3)4)24-35(31)53(34)43(46)49-40/h13-14,23-24,28-29H,9-12,15-22,26-27H2,1-8H3/b30-13-,32-14+. The molecular formula is C45H58BrN7O8. The Balaban J connectivity index is 1.07. The van der Waals surface area contributed by atoms with Crippen LogP contribution in [0.3, 0.4) is 0 Å². The van der Waals surface area contributed by atoms with Gasteiger partial charge in [0.2, 0.25) is 5.82 Å². The van der Waals surface area contributed by atoms with E-state index in [0.29, 0.717) is 118 Å². The number of rotatable bonds is 13. The van der Waals surface area contributed by atoms with Crippen molar-refractivity contribution >= 4 is 33.4 Å². The smallest absolute Gasteiger partial charge is 0.275 e. The number of aromatic nitrogens is 4. The molecule has 0 aliphatic carbocycles. The molecule has 16 heteroatoms. The molecule has 0 N–H and O–H groups in total. The molecule has 1 atom stereocenters. The van der Waals surface area contributed by atoms with Crippen LogP contribution in [0.2, 0.25) is 0 Å². The number of morpholine rings is 2. The maximum absolute atomic E-state index is 14.5. The van der Waals surface area contributed by atoms with E-state index in [4.69, 9.17) is 33.4 Å². The molecule has 3 aromatic rings.